The second kappa shape index (κ2) is 10.2. The first-order chi connectivity index (χ1) is 13.8. The number of aliphatic carboxylic acids is 1. The van der Waals surface area contributed by atoms with Crippen LogP contribution in [0.4, 0.5) is 11.8 Å². The molecule has 0 fully saturated rings. The van der Waals surface area contributed by atoms with E-state index in [0.29, 0.717) is 42.2 Å². The number of carboxylic acids is 1. The van der Waals surface area contributed by atoms with Gasteiger partial charge in [-0.1, -0.05) is 6.07 Å². The zero-order valence-corrected chi connectivity index (χ0v) is 16.5. The molecule has 0 bridgehead atoms. The average Bonchev–Trinajstić information content (AvgIpc) is 2.68. The van der Waals surface area contributed by atoms with E-state index in [1.165, 1.54) is 19.1 Å². The molecule has 2 aromatic heterocycles. The minimum Gasteiger partial charge on any atom is -0.481 e. The maximum absolute atomic E-state index is 12.5. The van der Waals surface area contributed by atoms with E-state index in [4.69, 9.17) is 16.2 Å². The molecule has 0 spiro atoms. The molecule has 0 aromatic carbocycles. The summed E-state index contributed by atoms with van der Waals surface area (Å²) in [5.74, 6) is -0.435. The highest BCUT2D eigenvalue weighted by Crippen LogP contribution is 2.14. The highest BCUT2D eigenvalue weighted by atomic mass is 16.5. The molecule has 1 atom stereocenters. The SMILES string of the molecule is COc1ccc(CC(C(=O)O)N(C)C(=O)CCCCc2cc(N)nc(N)n2)cn1. The van der Waals surface area contributed by atoms with Crippen LogP contribution in [-0.4, -0.2) is 57.0 Å². The number of carbonyl (C=O) groups is 2. The van der Waals surface area contributed by atoms with E-state index in [1.807, 2.05) is 0 Å². The van der Waals surface area contributed by atoms with Crippen LogP contribution in [0.5, 0.6) is 5.88 Å². The summed E-state index contributed by atoms with van der Waals surface area (Å²) in [7, 11) is 3.01. The number of hydrogen-bond acceptors (Lipinski definition) is 8. The molecule has 0 aliphatic heterocycles. The normalized spacial score (nSPS) is 11.7. The van der Waals surface area contributed by atoms with E-state index in [-0.39, 0.29) is 24.7 Å². The van der Waals surface area contributed by atoms with E-state index in [2.05, 4.69) is 15.0 Å². The number of pyridine rings is 1. The Hall–Kier alpha value is -3.43. The van der Waals surface area contributed by atoms with Crippen LogP contribution in [0.15, 0.2) is 24.4 Å². The second-order valence-corrected chi connectivity index (χ2v) is 6.62. The second-order valence-electron chi connectivity index (χ2n) is 6.62. The number of anilines is 2. The quantitative estimate of drug-likeness (QED) is 0.491. The molecular weight excluding hydrogens is 376 g/mol. The number of amides is 1. The lowest BCUT2D eigenvalue weighted by Gasteiger charge is -2.25. The maximum Gasteiger partial charge on any atom is 0.326 e. The predicted octanol–water partition coefficient (Wildman–Crippen LogP) is 0.912. The zero-order chi connectivity index (χ0) is 21.4. The van der Waals surface area contributed by atoms with Crippen LogP contribution < -0.4 is 16.2 Å². The monoisotopic (exact) mass is 402 g/mol. The van der Waals surface area contributed by atoms with Gasteiger partial charge < -0.3 is 26.2 Å². The third-order valence-electron chi connectivity index (χ3n) is 4.47. The van der Waals surface area contributed by atoms with Crippen molar-refractivity contribution in [2.24, 2.45) is 0 Å². The van der Waals surface area contributed by atoms with Crippen molar-refractivity contribution in [2.45, 2.75) is 38.1 Å². The standard InChI is InChI=1S/C19H26N6O4/c1-25(14(18(27)28)9-12-7-8-16(29-2)22-11-12)17(26)6-4-3-5-13-10-15(20)24-19(21)23-13/h7-8,10-11,14H,3-6,9H2,1-2H3,(H,27,28)(H4,20,21,23,24). The van der Waals surface area contributed by atoms with Crippen LogP contribution in [0.25, 0.3) is 0 Å². The van der Waals surface area contributed by atoms with Gasteiger partial charge in [-0.25, -0.2) is 14.8 Å². The Bertz CT molecular complexity index is 823. The minimum absolute atomic E-state index is 0.119. The van der Waals surface area contributed by atoms with Gasteiger partial charge in [0.05, 0.1) is 7.11 Å². The molecule has 1 unspecified atom stereocenters. The highest BCUT2D eigenvalue weighted by molar-refractivity contribution is 5.83. The summed E-state index contributed by atoms with van der Waals surface area (Å²) in [5.41, 5.74) is 12.6. The number of nitrogen functional groups attached to an aromatic ring is 2. The van der Waals surface area contributed by atoms with Crippen LogP contribution in [0.2, 0.25) is 0 Å². The Morgan fingerprint density at radius 2 is 2.00 bits per heavy atom. The Balaban J connectivity index is 1.87. The fourth-order valence-corrected chi connectivity index (χ4v) is 2.87. The number of unbranched alkanes of at least 4 members (excludes halogenated alkanes) is 1. The number of carboxylic acid groups (broad SMARTS) is 1. The van der Waals surface area contributed by atoms with E-state index in [1.54, 1.807) is 24.4 Å². The first-order valence-electron chi connectivity index (χ1n) is 9.16. The van der Waals surface area contributed by atoms with Crippen molar-refractivity contribution in [3.8, 4) is 5.88 Å². The lowest BCUT2D eigenvalue weighted by atomic mass is 10.1. The molecule has 5 N–H and O–H groups in total. The number of rotatable bonds is 10. The van der Waals surface area contributed by atoms with Crippen LogP contribution in [-0.2, 0) is 22.4 Å². The fraction of sp³-hybridized carbons (Fsp3) is 0.421. The zero-order valence-electron chi connectivity index (χ0n) is 16.5. The summed E-state index contributed by atoms with van der Waals surface area (Å²) in [5, 5.41) is 9.55. The van der Waals surface area contributed by atoms with Crippen molar-refractivity contribution >= 4 is 23.6 Å². The first-order valence-corrected chi connectivity index (χ1v) is 9.16. The molecule has 10 nitrogen and oxygen atoms in total. The van der Waals surface area contributed by atoms with E-state index in [9.17, 15) is 14.7 Å². The van der Waals surface area contributed by atoms with Crippen molar-refractivity contribution in [1.82, 2.24) is 19.9 Å². The van der Waals surface area contributed by atoms with Crippen molar-refractivity contribution in [3.05, 3.63) is 35.7 Å². The molecule has 1 amide bonds. The number of nitrogens with zero attached hydrogens (tertiary/aromatic N) is 4. The molecule has 29 heavy (non-hydrogen) atoms. The molecule has 156 valence electrons. The van der Waals surface area contributed by atoms with E-state index >= 15 is 0 Å². The number of likely N-dealkylation sites (N-methyl/N-ethyl adjacent to an activating group) is 1. The predicted molar refractivity (Wildman–Crippen MR) is 107 cm³/mol. The number of nitrogens with two attached hydrogens (primary N) is 2. The summed E-state index contributed by atoms with van der Waals surface area (Å²) in [6.45, 7) is 0. The van der Waals surface area contributed by atoms with Crippen molar-refractivity contribution in [2.75, 3.05) is 25.6 Å². The Labute approximate surface area is 168 Å². The number of ether oxygens (including phenoxy) is 1. The number of carbonyl (C=O) groups excluding carboxylic acids is 1. The van der Waals surface area contributed by atoms with Gasteiger partial charge in [0.15, 0.2) is 0 Å². The number of aryl methyl sites for hydroxylation is 1. The lowest BCUT2D eigenvalue weighted by molar-refractivity contribution is -0.149. The topological polar surface area (TPSA) is 158 Å². The van der Waals surface area contributed by atoms with Crippen LogP contribution >= 0.6 is 0 Å². The van der Waals surface area contributed by atoms with Gasteiger partial charge in [0, 0.05) is 43.9 Å². The first kappa shape index (κ1) is 21.9. The van der Waals surface area contributed by atoms with Gasteiger partial charge >= 0.3 is 5.97 Å². The largest absolute Gasteiger partial charge is 0.481 e. The molecule has 0 aliphatic rings. The molecule has 0 aliphatic carbocycles. The van der Waals surface area contributed by atoms with Gasteiger partial charge in [-0.3, -0.25) is 4.79 Å². The highest BCUT2D eigenvalue weighted by Gasteiger charge is 2.26. The minimum atomic E-state index is -1.07. The third kappa shape index (κ3) is 6.59. The Morgan fingerprint density at radius 1 is 1.24 bits per heavy atom. The molecule has 0 saturated heterocycles. The summed E-state index contributed by atoms with van der Waals surface area (Å²) in [6, 6.07) is 4.06. The van der Waals surface area contributed by atoms with Gasteiger partial charge in [-0.2, -0.15) is 4.98 Å². The van der Waals surface area contributed by atoms with Gasteiger partial charge in [0.2, 0.25) is 17.7 Å². The van der Waals surface area contributed by atoms with Crippen LogP contribution in [0.3, 0.4) is 0 Å². The molecule has 2 heterocycles. The van der Waals surface area contributed by atoms with E-state index < -0.39 is 12.0 Å². The Morgan fingerprint density at radius 3 is 2.59 bits per heavy atom. The number of aromatic nitrogens is 3. The number of methoxy groups -OCH3 is 1. The molecular formula is C19H26N6O4. The van der Waals surface area contributed by atoms with Gasteiger partial charge in [-0.15, -0.1) is 0 Å². The van der Waals surface area contributed by atoms with Gasteiger partial charge in [0.25, 0.3) is 0 Å². The smallest absolute Gasteiger partial charge is 0.326 e. The van der Waals surface area contributed by atoms with Crippen molar-refractivity contribution in [1.29, 1.82) is 0 Å². The Kier molecular flexibility index (Phi) is 7.70. The molecule has 0 saturated carbocycles. The molecule has 10 heteroatoms. The van der Waals surface area contributed by atoms with Crippen molar-refractivity contribution < 1.29 is 19.4 Å². The maximum atomic E-state index is 12.5. The molecule has 0 radical (unpaired) electrons. The third-order valence-corrected chi connectivity index (χ3v) is 4.47. The van der Waals surface area contributed by atoms with Crippen LogP contribution in [0.1, 0.15) is 30.5 Å². The number of hydrogen-bond donors (Lipinski definition) is 3. The molecule has 2 rings (SSSR count). The lowest BCUT2D eigenvalue weighted by Crippen LogP contribution is -2.43. The van der Waals surface area contributed by atoms with E-state index in [0.717, 1.165) is 0 Å². The van der Waals surface area contributed by atoms with Gasteiger partial charge in [-0.05, 0) is 24.8 Å². The molecule has 2 aromatic rings. The summed E-state index contributed by atoms with van der Waals surface area (Å²) in [4.78, 5) is 37.4. The van der Waals surface area contributed by atoms with Crippen LogP contribution in [0, 0.1) is 0 Å². The summed E-state index contributed by atoms with van der Waals surface area (Å²) >= 11 is 0. The fourth-order valence-electron chi connectivity index (χ4n) is 2.87. The summed E-state index contributed by atoms with van der Waals surface area (Å²) < 4.78 is 4.99. The van der Waals surface area contributed by atoms with Gasteiger partial charge in [0.1, 0.15) is 11.9 Å². The average molecular weight is 402 g/mol. The summed E-state index contributed by atoms with van der Waals surface area (Å²) in [6.07, 6.45) is 3.82. The van der Waals surface area contributed by atoms with Crippen molar-refractivity contribution in [3.63, 3.8) is 0 Å².